The fourth-order valence-corrected chi connectivity index (χ4v) is 0. The van der Waals surface area contributed by atoms with Gasteiger partial charge in [0.05, 0.1) is 0 Å². The van der Waals surface area contributed by atoms with Crippen LogP contribution >= 0.6 is 7.85 Å². The average molecular weight is 158 g/mol. The van der Waals surface area contributed by atoms with Gasteiger partial charge in [-0.25, -0.2) is 0 Å². The summed E-state index contributed by atoms with van der Waals surface area (Å²) in [5.41, 5.74) is 0. The van der Waals surface area contributed by atoms with Gasteiger partial charge in [0.1, 0.15) is 0 Å². The Labute approximate surface area is 40.9 Å². The third-order valence-electron chi connectivity index (χ3n) is 0.295. The minimum atomic E-state index is -8.52. The van der Waals surface area contributed by atoms with Crippen LogP contribution in [-0.2, 0) is 0 Å². The summed E-state index contributed by atoms with van der Waals surface area (Å²) in [6, 6.07) is 0. The van der Waals surface area contributed by atoms with Crippen LogP contribution in [-0.4, -0.2) is 6.17 Å². The second kappa shape index (κ2) is 1.50. The van der Waals surface area contributed by atoms with E-state index in [9.17, 15) is 25.6 Å². The molecule has 0 amide bonds. The molecule has 0 aromatic carbocycles. The molecular weight excluding hydrogens is 157 g/mol. The quantitative estimate of drug-likeness (QED) is 0.405. The van der Waals surface area contributed by atoms with Crippen LogP contribution in [0.3, 0.4) is 0 Å². The van der Waals surface area contributed by atoms with E-state index in [4.69, 9.17) is 0 Å². The molecule has 0 aliphatic heterocycles. The van der Waals surface area contributed by atoms with Gasteiger partial charge in [0.25, 0.3) is 0 Å². The van der Waals surface area contributed by atoms with E-state index in [1.165, 1.54) is 0 Å². The number of hydrogen-bond acceptors (Lipinski definition) is 0. The van der Waals surface area contributed by atoms with Crippen LogP contribution < -0.4 is 0 Å². The summed E-state index contributed by atoms with van der Waals surface area (Å²) < 4.78 is 63.3. The Kier molecular flexibility index (Phi) is 1.50. The van der Waals surface area contributed by atoms with Crippen molar-refractivity contribution in [2.45, 2.75) is 6.17 Å². The van der Waals surface area contributed by atoms with Crippen molar-refractivity contribution in [3.63, 3.8) is 0 Å². The van der Waals surface area contributed by atoms with Crippen LogP contribution in [0.2, 0.25) is 0 Å². The van der Waals surface area contributed by atoms with Gasteiger partial charge >= 0.3 is 39.6 Å². The third-order valence-corrected chi connectivity index (χ3v) is 0.885. The first-order valence-electron chi connectivity index (χ1n) is 1.37. The molecule has 0 saturated carbocycles. The van der Waals surface area contributed by atoms with Crippen LogP contribution in [0.1, 0.15) is 0 Å². The van der Waals surface area contributed by atoms with Gasteiger partial charge in [0.2, 0.25) is 0 Å². The van der Waals surface area contributed by atoms with Gasteiger partial charge in [0, 0.05) is 0 Å². The molecule has 0 bridgehead atoms. The van der Waals surface area contributed by atoms with E-state index < -0.39 is 14.0 Å². The topological polar surface area (TPSA) is 0 Å². The van der Waals surface area contributed by atoms with Gasteiger partial charge in [-0.1, -0.05) is 0 Å². The van der Waals surface area contributed by atoms with Crippen LogP contribution in [0.5, 0.6) is 0 Å². The van der Waals surface area contributed by atoms with Crippen molar-refractivity contribution in [2.75, 3.05) is 0 Å². The fourth-order valence-electron chi connectivity index (χ4n) is 0. The molecule has 0 aliphatic rings. The van der Waals surface area contributed by atoms with Crippen molar-refractivity contribution < 1.29 is 25.6 Å². The first-order chi connectivity index (χ1) is 3.20. The zero-order valence-corrected chi connectivity index (χ0v) is 4.19. The predicted octanol–water partition coefficient (Wildman–Crippen LogP) is 3.30. The van der Waals surface area contributed by atoms with Crippen LogP contribution in [0, 0.1) is 0 Å². The number of rotatable bonds is 1. The Bertz CT molecular complexity index is 79.2. The van der Waals surface area contributed by atoms with Gasteiger partial charge in [-0.15, -0.1) is 0 Å². The monoisotopic (exact) mass is 158 g/mol. The summed E-state index contributed by atoms with van der Waals surface area (Å²) in [5, 5.41) is 0. The van der Waals surface area contributed by atoms with E-state index in [1.807, 2.05) is 0 Å². The normalized spacial score (nSPS) is 18.1. The molecule has 0 unspecified atom stereocenters. The molecule has 0 saturated heterocycles. The number of alkyl halides is 2. The molecule has 0 spiro atoms. The fraction of sp³-hybridized carbons (Fsp3) is 1.00. The molecule has 0 radical (unpaired) electrons. The predicted molar refractivity (Wildman–Crippen MR) is 17.4 cm³/mol. The molecule has 0 rings (SSSR count). The first-order valence-corrected chi connectivity index (χ1v) is 3.24. The maximum absolute atomic E-state index is 10.6. The molecule has 7 heteroatoms. The van der Waals surface area contributed by atoms with Crippen LogP contribution in [0.4, 0.5) is 25.6 Å². The molecule has 8 heavy (non-hydrogen) atoms. The first kappa shape index (κ1) is 8.01. The van der Waals surface area contributed by atoms with E-state index in [0.29, 0.717) is 0 Å². The van der Waals surface area contributed by atoms with E-state index in [2.05, 4.69) is 0 Å². The van der Waals surface area contributed by atoms with Gasteiger partial charge in [-0.05, 0) is 0 Å². The van der Waals surface area contributed by atoms with E-state index in [1.54, 1.807) is 0 Å². The SMILES string of the molecule is FC(F)P(F)(F)(F)F. The summed E-state index contributed by atoms with van der Waals surface area (Å²) in [6.45, 7) is 0. The zero-order chi connectivity index (χ0) is 7.02. The molecule has 0 aromatic rings. The summed E-state index contributed by atoms with van der Waals surface area (Å²) in [5.74, 6) is 0. The Morgan fingerprint density at radius 2 is 1.00 bits per heavy atom. The Morgan fingerprint density at radius 1 is 0.875 bits per heavy atom. The van der Waals surface area contributed by atoms with Crippen molar-refractivity contribution >= 4 is 7.85 Å². The van der Waals surface area contributed by atoms with Crippen molar-refractivity contribution in [2.24, 2.45) is 0 Å². The van der Waals surface area contributed by atoms with Gasteiger partial charge < -0.3 is 0 Å². The number of hydrogen-bond donors (Lipinski definition) is 0. The molecule has 0 atom stereocenters. The van der Waals surface area contributed by atoms with Crippen LogP contribution in [0.25, 0.3) is 0 Å². The number of halogens is 6. The molecule has 52 valence electrons. The second-order valence-corrected chi connectivity index (χ2v) is 2.99. The van der Waals surface area contributed by atoms with Gasteiger partial charge in [-0.3, -0.25) is 0 Å². The van der Waals surface area contributed by atoms with Crippen molar-refractivity contribution in [3.8, 4) is 0 Å². The van der Waals surface area contributed by atoms with Crippen LogP contribution in [0.15, 0.2) is 0 Å². The van der Waals surface area contributed by atoms with Gasteiger partial charge in [-0.2, -0.15) is 0 Å². The molecule has 0 nitrogen and oxygen atoms in total. The summed E-state index contributed by atoms with van der Waals surface area (Å²) >= 11 is 0. The minimum absolute atomic E-state index is 4.79. The summed E-state index contributed by atoms with van der Waals surface area (Å²) in [7, 11) is -8.52. The Morgan fingerprint density at radius 3 is 1.00 bits per heavy atom. The zero-order valence-electron chi connectivity index (χ0n) is 3.29. The average Bonchev–Trinajstić information content (AvgIpc) is 1.27. The standard InChI is InChI=1S/CHF6P/c2-1(3)8(4,5,6)7/h1H. The molecule has 0 heterocycles. The maximum atomic E-state index is 10.6. The summed E-state index contributed by atoms with van der Waals surface area (Å²) in [4.78, 5) is 0. The second-order valence-electron chi connectivity index (χ2n) is 1.05. The molecule has 0 fully saturated rings. The molecule has 0 aliphatic carbocycles. The van der Waals surface area contributed by atoms with E-state index in [-0.39, 0.29) is 0 Å². The molecule has 0 N–H and O–H groups in total. The third kappa shape index (κ3) is 2.35. The van der Waals surface area contributed by atoms with Crippen molar-refractivity contribution in [3.05, 3.63) is 0 Å². The van der Waals surface area contributed by atoms with E-state index in [0.717, 1.165) is 0 Å². The Hall–Kier alpha value is 0.01000. The molecular formula is CHF6P. The van der Waals surface area contributed by atoms with Gasteiger partial charge in [0.15, 0.2) is 0 Å². The summed E-state index contributed by atoms with van der Waals surface area (Å²) in [6.07, 6.45) is -4.79. The Balaban J connectivity index is 4.14. The van der Waals surface area contributed by atoms with Crippen molar-refractivity contribution in [1.82, 2.24) is 0 Å². The van der Waals surface area contributed by atoms with E-state index >= 15 is 0 Å². The van der Waals surface area contributed by atoms with Crippen molar-refractivity contribution in [1.29, 1.82) is 0 Å². The molecule has 0 aromatic heterocycles.